The molecule has 2 heteroatoms. The Morgan fingerprint density at radius 2 is 1.23 bits per heavy atom. The van der Waals surface area contributed by atoms with Crippen molar-refractivity contribution in [1.82, 2.24) is 0 Å². The van der Waals surface area contributed by atoms with Gasteiger partial charge in [0, 0.05) is 6.61 Å². The Bertz CT molecular complexity index is 497. The molecule has 1 aromatic rings. The summed E-state index contributed by atoms with van der Waals surface area (Å²) in [7, 11) is 0. The highest BCUT2D eigenvalue weighted by Gasteiger charge is 2.26. The van der Waals surface area contributed by atoms with Crippen molar-refractivity contribution < 1.29 is 9.84 Å². The molecule has 0 bridgehead atoms. The molecule has 0 radical (unpaired) electrons. The quantitative estimate of drug-likeness (QED) is 0.444. The number of rotatable bonds is 10. The topological polar surface area (TPSA) is 29.5 Å². The average Bonchev–Trinajstić information content (AvgIpc) is 2.52. The van der Waals surface area contributed by atoms with Gasteiger partial charge in [-0.05, 0) is 46.1 Å². The number of phenolic OH excluding ortho intramolecular Hbond substituents is 1. The number of benzene rings is 1. The molecule has 0 unspecified atom stereocenters. The fourth-order valence-electron chi connectivity index (χ4n) is 3.27. The maximum atomic E-state index is 10.8. The molecule has 0 saturated carbocycles. The first-order valence-electron chi connectivity index (χ1n) is 10.5. The third-order valence-electron chi connectivity index (χ3n) is 4.95. The van der Waals surface area contributed by atoms with Gasteiger partial charge in [0.2, 0.25) is 0 Å². The molecule has 150 valence electrons. The van der Waals surface area contributed by atoms with Gasteiger partial charge in [0.15, 0.2) is 0 Å². The molecule has 0 saturated heterocycles. The Kier molecular flexibility index (Phi) is 9.16. The second-order valence-corrected chi connectivity index (χ2v) is 9.71. The number of phenols is 1. The summed E-state index contributed by atoms with van der Waals surface area (Å²) in [5.74, 6) is 0.445. The van der Waals surface area contributed by atoms with E-state index in [4.69, 9.17) is 4.74 Å². The second kappa shape index (κ2) is 10.3. The van der Waals surface area contributed by atoms with Gasteiger partial charge in [0.1, 0.15) is 5.75 Å². The van der Waals surface area contributed by atoms with E-state index >= 15 is 0 Å². The van der Waals surface area contributed by atoms with Crippen LogP contribution in [-0.4, -0.2) is 11.7 Å². The van der Waals surface area contributed by atoms with Gasteiger partial charge in [-0.3, -0.25) is 0 Å². The highest BCUT2D eigenvalue weighted by atomic mass is 16.5. The van der Waals surface area contributed by atoms with Gasteiger partial charge in [-0.25, -0.2) is 0 Å². The SMILES string of the molecule is CCCCCCCCCOCc1cc(C(C)(C)C)c(O)c(C(C)(C)C)c1. The van der Waals surface area contributed by atoms with E-state index in [2.05, 4.69) is 60.6 Å². The molecule has 1 rings (SSSR count). The Labute approximate surface area is 162 Å². The Morgan fingerprint density at radius 3 is 1.69 bits per heavy atom. The number of aromatic hydroxyl groups is 1. The molecule has 0 amide bonds. The predicted molar refractivity (Wildman–Crippen MR) is 113 cm³/mol. The molecule has 1 N–H and O–H groups in total. The monoisotopic (exact) mass is 362 g/mol. The molecule has 26 heavy (non-hydrogen) atoms. The van der Waals surface area contributed by atoms with Gasteiger partial charge in [0.05, 0.1) is 6.61 Å². The summed E-state index contributed by atoms with van der Waals surface area (Å²) in [6.07, 6.45) is 9.13. The van der Waals surface area contributed by atoms with E-state index in [-0.39, 0.29) is 10.8 Å². The van der Waals surface area contributed by atoms with Crippen molar-refractivity contribution in [3.8, 4) is 5.75 Å². The van der Waals surface area contributed by atoms with Gasteiger partial charge in [-0.1, -0.05) is 87.0 Å². The van der Waals surface area contributed by atoms with E-state index in [1.54, 1.807) is 0 Å². The third-order valence-corrected chi connectivity index (χ3v) is 4.95. The molecule has 0 aliphatic rings. The molecule has 2 nitrogen and oxygen atoms in total. The Morgan fingerprint density at radius 1 is 0.769 bits per heavy atom. The van der Waals surface area contributed by atoms with Crippen molar-refractivity contribution in [2.75, 3.05) is 6.61 Å². The zero-order chi connectivity index (χ0) is 19.8. The zero-order valence-electron chi connectivity index (χ0n) is 18.4. The lowest BCUT2D eigenvalue weighted by molar-refractivity contribution is 0.116. The van der Waals surface area contributed by atoms with Gasteiger partial charge in [0.25, 0.3) is 0 Å². The van der Waals surface area contributed by atoms with Gasteiger partial charge in [-0.2, -0.15) is 0 Å². The van der Waals surface area contributed by atoms with Gasteiger partial charge in [-0.15, -0.1) is 0 Å². The van der Waals surface area contributed by atoms with Crippen LogP contribution >= 0.6 is 0 Å². The lowest BCUT2D eigenvalue weighted by atomic mass is 9.78. The van der Waals surface area contributed by atoms with Crippen LogP contribution in [0.25, 0.3) is 0 Å². The maximum absolute atomic E-state index is 10.8. The van der Waals surface area contributed by atoms with E-state index in [0.29, 0.717) is 12.4 Å². The summed E-state index contributed by atoms with van der Waals surface area (Å²) in [6.45, 7) is 16.6. The lowest BCUT2D eigenvalue weighted by Crippen LogP contribution is -2.18. The highest BCUT2D eigenvalue weighted by Crippen LogP contribution is 2.39. The molecule has 0 fully saturated rings. The van der Waals surface area contributed by atoms with Crippen molar-refractivity contribution in [2.45, 2.75) is 111 Å². The minimum Gasteiger partial charge on any atom is -0.507 e. The first-order chi connectivity index (χ1) is 12.1. The summed E-state index contributed by atoms with van der Waals surface area (Å²) in [4.78, 5) is 0. The van der Waals surface area contributed by atoms with Gasteiger partial charge < -0.3 is 9.84 Å². The van der Waals surface area contributed by atoms with Crippen LogP contribution in [0.4, 0.5) is 0 Å². The maximum Gasteiger partial charge on any atom is 0.123 e. The summed E-state index contributed by atoms with van der Waals surface area (Å²) < 4.78 is 5.94. The summed E-state index contributed by atoms with van der Waals surface area (Å²) in [5, 5.41) is 10.8. The fraction of sp³-hybridized carbons (Fsp3) is 0.750. The van der Waals surface area contributed by atoms with Crippen molar-refractivity contribution in [2.24, 2.45) is 0 Å². The number of hydrogen-bond donors (Lipinski definition) is 1. The minimum absolute atomic E-state index is 0.0847. The highest BCUT2D eigenvalue weighted by molar-refractivity contribution is 5.49. The van der Waals surface area contributed by atoms with Crippen LogP contribution in [0.5, 0.6) is 5.75 Å². The van der Waals surface area contributed by atoms with Crippen molar-refractivity contribution in [3.05, 3.63) is 28.8 Å². The minimum atomic E-state index is -0.0847. The Hall–Kier alpha value is -1.02. The molecule has 0 aromatic heterocycles. The van der Waals surface area contributed by atoms with E-state index < -0.39 is 0 Å². The largest absolute Gasteiger partial charge is 0.507 e. The molecule has 0 aliphatic heterocycles. The van der Waals surface area contributed by atoms with Crippen molar-refractivity contribution in [1.29, 1.82) is 0 Å². The van der Waals surface area contributed by atoms with Gasteiger partial charge >= 0.3 is 0 Å². The van der Waals surface area contributed by atoms with E-state index in [1.807, 2.05) is 0 Å². The van der Waals surface area contributed by atoms with E-state index in [1.165, 1.54) is 44.1 Å². The molecular weight excluding hydrogens is 320 g/mol. The van der Waals surface area contributed by atoms with Crippen molar-refractivity contribution in [3.63, 3.8) is 0 Å². The van der Waals surface area contributed by atoms with Crippen LogP contribution in [0, 0.1) is 0 Å². The summed E-state index contributed by atoms with van der Waals surface area (Å²) in [6, 6.07) is 4.24. The zero-order valence-corrected chi connectivity index (χ0v) is 18.4. The molecule has 0 atom stereocenters. The van der Waals surface area contributed by atoms with Crippen LogP contribution in [0.2, 0.25) is 0 Å². The molecular formula is C24H42O2. The first kappa shape index (κ1) is 23.0. The van der Waals surface area contributed by atoms with Crippen LogP contribution < -0.4 is 0 Å². The average molecular weight is 363 g/mol. The van der Waals surface area contributed by atoms with Crippen LogP contribution in [-0.2, 0) is 22.2 Å². The fourth-order valence-corrected chi connectivity index (χ4v) is 3.27. The smallest absolute Gasteiger partial charge is 0.123 e. The van der Waals surface area contributed by atoms with Crippen LogP contribution in [0.15, 0.2) is 12.1 Å². The molecule has 0 spiro atoms. The molecule has 1 aromatic carbocycles. The number of unbranched alkanes of at least 4 members (excludes halogenated alkanes) is 6. The number of ether oxygens (including phenoxy) is 1. The van der Waals surface area contributed by atoms with Crippen LogP contribution in [0.1, 0.15) is 110 Å². The van der Waals surface area contributed by atoms with Crippen LogP contribution in [0.3, 0.4) is 0 Å². The summed E-state index contributed by atoms with van der Waals surface area (Å²) in [5.41, 5.74) is 3.02. The Balaban J connectivity index is 2.61. The first-order valence-corrected chi connectivity index (χ1v) is 10.5. The summed E-state index contributed by atoms with van der Waals surface area (Å²) >= 11 is 0. The predicted octanol–water partition coefficient (Wildman–Crippen LogP) is 7.25. The van der Waals surface area contributed by atoms with Crippen molar-refractivity contribution >= 4 is 0 Å². The molecule has 0 heterocycles. The number of hydrogen-bond acceptors (Lipinski definition) is 2. The second-order valence-electron chi connectivity index (χ2n) is 9.71. The normalized spacial score (nSPS) is 12.6. The van der Waals surface area contributed by atoms with E-state index in [9.17, 15) is 5.11 Å². The lowest BCUT2D eigenvalue weighted by Gasteiger charge is -2.28. The van der Waals surface area contributed by atoms with E-state index in [0.717, 1.165) is 24.2 Å². The standard InChI is InChI=1S/C24H42O2/c1-8-9-10-11-12-13-14-15-26-18-19-16-20(23(2,3)4)22(25)21(17-19)24(5,6)7/h16-17,25H,8-15,18H2,1-7H3. The molecule has 0 aliphatic carbocycles. The third kappa shape index (κ3) is 7.70.